The molecule has 8 rings (SSSR count). The molecule has 7 fully saturated rings. The molecule has 0 radical (unpaired) electrons. The molecule has 4 heterocycles. The maximum absolute atomic E-state index is 13.4. The van der Waals surface area contributed by atoms with Crippen molar-refractivity contribution in [3.05, 3.63) is 23.3 Å². The van der Waals surface area contributed by atoms with E-state index in [-0.39, 0.29) is 41.2 Å². The highest BCUT2D eigenvalue weighted by molar-refractivity contribution is 5.88. The highest BCUT2D eigenvalue weighted by Crippen LogP contribution is 2.68. The number of Topliss-reactive ketones (excluding diaryl/α,β-unsaturated/α-hetero) is 1. The lowest BCUT2D eigenvalue weighted by Gasteiger charge is -2.63. The van der Waals surface area contributed by atoms with Crippen molar-refractivity contribution in [2.45, 2.75) is 249 Å². The smallest absolute Gasteiger partial charge is 0.333 e. The molecule has 4 saturated heterocycles. The normalized spacial score (nSPS) is 49.8. The third kappa shape index (κ3) is 10.3. The second kappa shape index (κ2) is 22.5. The van der Waals surface area contributed by atoms with Crippen molar-refractivity contribution >= 4 is 11.8 Å². The van der Waals surface area contributed by atoms with Gasteiger partial charge in [-0.2, -0.15) is 0 Å². The lowest BCUT2D eigenvalue weighted by molar-refractivity contribution is -0.365. The number of carbonyl (C=O) groups is 2. The zero-order chi connectivity index (χ0) is 52.2. The van der Waals surface area contributed by atoms with E-state index in [4.69, 9.17) is 61.6 Å². The molecular formula is C54H86O18. The molecule has 4 aliphatic heterocycles. The Balaban J connectivity index is 0.864. The molecule has 0 spiro atoms. The monoisotopic (exact) mass is 1020 g/mol. The van der Waals surface area contributed by atoms with Gasteiger partial charge in [-0.25, -0.2) is 4.79 Å². The van der Waals surface area contributed by atoms with E-state index >= 15 is 0 Å². The number of ketones is 1. The van der Waals surface area contributed by atoms with Gasteiger partial charge >= 0.3 is 5.97 Å². The zero-order valence-corrected chi connectivity index (χ0v) is 44.9. The van der Waals surface area contributed by atoms with Crippen molar-refractivity contribution in [1.29, 1.82) is 0 Å². The van der Waals surface area contributed by atoms with Crippen molar-refractivity contribution < 1.29 is 86.5 Å². The van der Waals surface area contributed by atoms with Crippen LogP contribution in [0.5, 0.6) is 0 Å². The number of allylic oxidation sites excluding steroid dienone is 2. The highest BCUT2D eigenvalue weighted by Gasteiger charge is 2.71. The molecular weight excluding hydrogens is 937 g/mol. The summed E-state index contributed by atoms with van der Waals surface area (Å²) in [5.41, 5.74) is -0.484. The Morgan fingerprint density at radius 3 is 1.83 bits per heavy atom. The summed E-state index contributed by atoms with van der Waals surface area (Å²) in [6.07, 6.45) is -2.07. The molecule has 0 bridgehead atoms. The summed E-state index contributed by atoms with van der Waals surface area (Å²) in [5, 5.41) is 34.9. The van der Waals surface area contributed by atoms with E-state index in [0.29, 0.717) is 56.9 Å². The van der Waals surface area contributed by atoms with Crippen LogP contribution in [0.2, 0.25) is 0 Å². The van der Waals surface area contributed by atoms with Crippen LogP contribution in [0.3, 0.4) is 0 Å². The predicted octanol–water partition coefficient (Wildman–Crippen LogP) is 5.23. The molecule has 0 aromatic heterocycles. The quantitative estimate of drug-likeness (QED) is 0.109. The average Bonchev–Trinajstić information content (AvgIpc) is 3.64. The minimum Gasteiger partial charge on any atom is -0.458 e. The predicted molar refractivity (Wildman–Crippen MR) is 258 cm³/mol. The molecule has 18 heteroatoms. The fourth-order valence-corrected chi connectivity index (χ4v) is 14.5. The first-order valence-electron chi connectivity index (χ1n) is 26.6. The van der Waals surface area contributed by atoms with Gasteiger partial charge in [-0.3, -0.25) is 4.79 Å². The van der Waals surface area contributed by atoms with Crippen LogP contribution in [0.25, 0.3) is 0 Å². The summed E-state index contributed by atoms with van der Waals surface area (Å²) in [5.74, 6) is -0.765. The molecule has 4 aliphatic carbocycles. The Kier molecular flexibility index (Phi) is 17.6. The van der Waals surface area contributed by atoms with Crippen molar-refractivity contribution in [2.75, 3.05) is 28.4 Å². The Morgan fingerprint density at radius 2 is 1.24 bits per heavy atom. The fraction of sp³-hybridized carbons (Fsp3) is 0.889. The van der Waals surface area contributed by atoms with Crippen molar-refractivity contribution in [3.8, 4) is 0 Å². The third-order valence-corrected chi connectivity index (χ3v) is 18.9. The number of aliphatic hydroxyl groups excluding tert-OH is 2. The SMILES string of the molecule is C/C=C(\C)C(=O)OC1CC2C(CC=C3CC(O[C@H]4CC(OC)[C@H](O[C@H]5CC(OC)[C@H](O[C@@H]6OC(C)[C@@H](O[C@H]7CC(OC)[C@H](O)C(C)O7)C(OC)[C@@H]6O)C(C)O5)C(C)O4)CCC32C)C2(O)CCC(C(C)=O)C12C. The Bertz CT molecular complexity index is 1950. The van der Waals surface area contributed by atoms with E-state index in [1.807, 2.05) is 34.6 Å². The lowest BCUT2D eigenvalue weighted by Crippen LogP contribution is -2.66. The van der Waals surface area contributed by atoms with E-state index < -0.39 is 121 Å². The summed E-state index contributed by atoms with van der Waals surface area (Å²) in [6, 6.07) is 0. The number of carbonyl (C=O) groups excluding carboxylic acids is 2. The Morgan fingerprint density at radius 1 is 0.667 bits per heavy atom. The van der Waals surface area contributed by atoms with Gasteiger partial charge in [-0.15, -0.1) is 0 Å². The number of methoxy groups -OCH3 is 4. The van der Waals surface area contributed by atoms with Crippen LogP contribution >= 0.6 is 0 Å². The Labute approximate surface area is 426 Å². The summed E-state index contributed by atoms with van der Waals surface area (Å²) >= 11 is 0. The molecule has 18 nitrogen and oxygen atoms in total. The van der Waals surface area contributed by atoms with E-state index in [9.17, 15) is 24.9 Å². The number of aliphatic hydroxyl groups is 3. The molecule has 3 N–H and O–H groups in total. The van der Waals surface area contributed by atoms with Gasteiger partial charge < -0.3 is 76.9 Å². The van der Waals surface area contributed by atoms with Gasteiger partial charge in [0.2, 0.25) is 0 Å². The molecule has 0 aromatic rings. The topological polar surface area (TPSA) is 215 Å². The van der Waals surface area contributed by atoms with Gasteiger partial charge in [0, 0.05) is 64.6 Å². The second-order valence-corrected chi connectivity index (χ2v) is 22.6. The minimum atomic E-state index is -1.24. The van der Waals surface area contributed by atoms with Gasteiger partial charge in [0.15, 0.2) is 25.2 Å². The lowest BCUT2D eigenvalue weighted by atomic mass is 9.45. The fourth-order valence-electron chi connectivity index (χ4n) is 14.5. The third-order valence-electron chi connectivity index (χ3n) is 18.9. The molecule has 0 aromatic carbocycles. The van der Waals surface area contributed by atoms with Gasteiger partial charge in [0.05, 0.1) is 54.4 Å². The van der Waals surface area contributed by atoms with Gasteiger partial charge in [-0.05, 0) is 111 Å². The minimum absolute atomic E-state index is 0.0350. The van der Waals surface area contributed by atoms with Crippen LogP contribution in [0.1, 0.15) is 127 Å². The highest BCUT2D eigenvalue weighted by atomic mass is 16.8. The summed E-state index contributed by atoms with van der Waals surface area (Å²) in [4.78, 5) is 26.5. The molecule has 72 heavy (non-hydrogen) atoms. The first-order chi connectivity index (χ1) is 34.1. The largest absolute Gasteiger partial charge is 0.458 e. The van der Waals surface area contributed by atoms with Crippen molar-refractivity contribution in [3.63, 3.8) is 0 Å². The van der Waals surface area contributed by atoms with Gasteiger partial charge in [0.1, 0.15) is 48.5 Å². The number of hydrogen-bond donors (Lipinski definition) is 3. The summed E-state index contributed by atoms with van der Waals surface area (Å²) in [6.45, 7) is 16.8. The second-order valence-electron chi connectivity index (χ2n) is 22.6. The Hall–Kier alpha value is -1.98. The van der Waals surface area contributed by atoms with Crippen LogP contribution in [0.15, 0.2) is 23.3 Å². The summed E-state index contributed by atoms with van der Waals surface area (Å²) in [7, 11) is 6.29. The standard InChI is InChI=1S/C54H86O18/c1-14-26(2)50(58)69-40-22-36-35(54(59)20-18-34(27(3)55)53(40,54)9)16-15-32-21-33(17-19-52(32,36)8)68-41-24-38(61-11)46(29(5)65-41)70-43-25-39(62-12)47(30(6)66-43)72-51-45(57)49(63-13)48(31(7)67-51)71-42-23-37(60-10)44(56)28(4)64-42/h14-15,28-31,33-49,51,56-57,59H,16-25H2,1-13H3/b26-14+/t28?,29?,30?,31?,33?,34?,35?,36?,37?,38?,39?,40?,41-,42-,43-,44+,45-,46+,47+,48+,49?,51-,52?,53?,54?/m0/s1. The number of esters is 1. The van der Waals surface area contributed by atoms with Crippen LogP contribution in [0.4, 0.5) is 0 Å². The van der Waals surface area contributed by atoms with Crippen molar-refractivity contribution in [2.24, 2.45) is 28.6 Å². The number of ether oxygens (including phenoxy) is 13. The van der Waals surface area contributed by atoms with Gasteiger partial charge in [-0.1, -0.05) is 31.6 Å². The first kappa shape index (κ1) is 56.2. The molecule has 3 saturated carbocycles. The molecule has 410 valence electrons. The van der Waals surface area contributed by atoms with E-state index in [1.54, 1.807) is 41.1 Å². The number of fused-ring (bicyclic) bond motifs is 5. The van der Waals surface area contributed by atoms with Crippen LogP contribution in [-0.2, 0) is 71.2 Å². The van der Waals surface area contributed by atoms with E-state index in [0.717, 1.165) is 12.8 Å². The zero-order valence-electron chi connectivity index (χ0n) is 44.9. The maximum Gasteiger partial charge on any atom is 0.333 e. The number of rotatable bonds is 15. The molecule has 16 unspecified atom stereocenters. The van der Waals surface area contributed by atoms with E-state index in [2.05, 4.69) is 13.0 Å². The summed E-state index contributed by atoms with van der Waals surface area (Å²) < 4.78 is 81.1. The van der Waals surface area contributed by atoms with Crippen LogP contribution < -0.4 is 0 Å². The molecule has 0 amide bonds. The van der Waals surface area contributed by atoms with Crippen molar-refractivity contribution in [1.82, 2.24) is 0 Å². The first-order valence-corrected chi connectivity index (χ1v) is 26.6. The van der Waals surface area contributed by atoms with E-state index in [1.165, 1.54) is 19.8 Å². The maximum atomic E-state index is 13.4. The molecule has 8 aliphatic rings. The van der Waals surface area contributed by atoms with Crippen LogP contribution in [0, 0.1) is 28.6 Å². The number of hydrogen-bond acceptors (Lipinski definition) is 18. The average molecular weight is 1020 g/mol. The molecule has 25 atom stereocenters. The van der Waals surface area contributed by atoms with Crippen LogP contribution in [-0.4, -0.2) is 178 Å². The van der Waals surface area contributed by atoms with Gasteiger partial charge in [0.25, 0.3) is 0 Å².